The Kier molecular flexibility index (Phi) is 4.51. The molecule has 0 fully saturated rings. The molecular weight excluding hydrogens is 315 g/mol. The molecule has 0 aliphatic heterocycles. The smallest absolute Gasteiger partial charge is 0.340 e. The zero-order chi connectivity index (χ0) is 16.9. The second-order valence-electron chi connectivity index (χ2n) is 4.98. The highest BCUT2D eigenvalue weighted by atomic mass is 19.1. The van der Waals surface area contributed by atoms with Gasteiger partial charge in [0, 0.05) is 6.54 Å². The number of nitrogens with one attached hydrogen (secondary N) is 1. The van der Waals surface area contributed by atoms with Crippen molar-refractivity contribution in [2.45, 2.75) is 6.54 Å². The summed E-state index contributed by atoms with van der Waals surface area (Å²) in [5, 5.41) is 2.58. The van der Waals surface area contributed by atoms with E-state index in [1.165, 1.54) is 18.5 Å². The summed E-state index contributed by atoms with van der Waals surface area (Å²) in [6.45, 7) is -0.205. The first-order valence-corrected chi connectivity index (χ1v) is 7.14. The summed E-state index contributed by atoms with van der Waals surface area (Å²) in [5.41, 5.74) is 1.82. The minimum absolute atomic E-state index is 0.218. The predicted molar refractivity (Wildman–Crippen MR) is 82.5 cm³/mol. The number of nitrogens with zero attached hydrogens (tertiary/aromatic N) is 1. The minimum atomic E-state index is -0.661. The van der Waals surface area contributed by atoms with Gasteiger partial charge in [0.2, 0.25) is 0 Å². The van der Waals surface area contributed by atoms with Crippen molar-refractivity contribution in [2.75, 3.05) is 6.61 Å². The average Bonchev–Trinajstić information content (AvgIpc) is 3.07. The van der Waals surface area contributed by atoms with Gasteiger partial charge in [-0.2, -0.15) is 0 Å². The van der Waals surface area contributed by atoms with E-state index in [0.29, 0.717) is 11.1 Å². The number of carbonyl (C=O) groups is 2. The number of para-hydroxylation sites is 1. The minimum Gasteiger partial charge on any atom is -0.452 e. The van der Waals surface area contributed by atoms with Crippen molar-refractivity contribution >= 4 is 23.0 Å². The first kappa shape index (κ1) is 15.7. The molecule has 1 amide bonds. The molecule has 0 radical (unpaired) electrons. The Morgan fingerprint density at radius 2 is 1.96 bits per heavy atom. The van der Waals surface area contributed by atoms with Gasteiger partial charge in [0.15, 0.2) is 18.6 Å². The van der Waals surface area contributed by atoms with E-state index >= 15 is 0 Å². The van der Waals surface area contributed by atoms with Crippen molar-refractivity contribution in [1.29, 1.82) is 0 Å². The maximum absolute atomic E-state index is 12.8. The normalized spacial score (nSPS) is 10.5. The third-order valence-electron chi connectivity index (χ3n) is 3.32. The number of halogens is 1. The van der Waals surface area contributed by atoms with E-state index < -0.39 is 18.5 Å². The molecule has 3 rings (SSSR count). The van der Waals surface area contributed by atoms with Crippen molar-refractivity contribution in [3.63, 3.8) is 0 Å². The molecule has 2 aromatic carbocycles. The first-order valence-electron chi connectivity index (χ1n) is 7.14. The van der Waals surface area contributed by atoms with Crippen LogP contribution in [0.1, 0.15) is 15.9 Å². The van der Waals surface area contributed by atoms with Crippen molar-refractivity contribution < 1.29 is 23.1 Å². The van der Waals surface area contributed by atoms with Crippen molar-refractivity contribution in [2.24, 2.45) is 0 Å². The molecule has 0 saturated heterocycles. The van der Waals surface area contributed by atoms with Crippen LogP contribution in [0.15, 0.2) is 53.3 Å². The molecule has 1 heterocycles. The number of amides is 1. The maximum Gasteiger partial charge on any atom is 0.340 e. The number of ether oxygens (including phenoxy) is 1. The SMILES string of the molecule is O=C(COC(=O)c1cccc2ocnc12)NCc1ccc(F)cc1. The van der Waals surface area contributed by atoms with Gasteiger partial charge in [0.1, 0.15) is 11.3 Å². The molecule has 0 aliphatic rings. The van der Waals surface area contributed by atoms with E-state index in [9.17, 15) is 14.0 Å². The molecule has 0 spiro atoms. The van der Waals surface area contributed by atoms with Crippen molar-refractivity contribution in [3.8, 4) is 0 Å². The summed E-state index contributed by atoms with van der Waals surface area (Å²) in [4.78, 5) is 27.7. The Hall–Kier alpha value is -3.22. The van der Waals surface area contributed by atoms with Crippen LogP contribution in [0.25, 0.3) is 11.1 Å². The fourth-order valence-corrected chi connectivity index (χ4v) is 2.11. The van der Waals surface area contributed by atoms with Crippen LogP contribution >= 0.6 is 0 Å². The number of carbonyl (C=O) groups excluding carboxylic acids is 2. The van der Waals surface area contributed by atoms with Crippen LogP contribution in [0.2, 0.25) is 0 Å². The quantitative estimate of drug-likeness (QED) is 0.728. The standard InChI is InChI=1S/C17H13FN2O4/c18-12-6-4-11(5-7-12)8-19-15(21)9-23-17(22)13-2-1-3-14-16(13)20-10-24-14/h1-7,10H,8-9H2,(H,19,21). The summed E-state index contributed by atoms with van der Waals surface area (Å²) in [6.07, 6.45) is 1.23. The number of oxazole rings is 1. The average molecular weight is 328 g/mol. The highest BCUT2D eigenvalue weighted by Crippen LogP contribution is 2.17. The highest BCUT2D eigenvalue weighted by molar-refractivity contribution is 6.01. The van der Waals surface area contributed by atoms with E-state index in [1.54, 1.807) is 30.3 Å². The van der Waals surface area contributed by atoms with Crippen LogP contribution in [-0.4, -0.2) is 23.5 Å². The fraction of sp³-hybridized carbons (Fsp3) is 0.118. The number of rotatable bonds is 5. The number of esters is 1. The van der Waals surface area contributed by atoms with Gasteiger partial charge in [0.25, 0.3) is 5.91 Å². The molecule has 24 heavy (non-hydrogen) atoms. The fourth-order valence-electron chi connectivity index (χ4n) is 2.11. The van der Waals surface area contributed by atoms with Crippen LogP contribution in [0.5, 0.6) is 0 Å². The lowest BCUT2D eigenvalue weighted by molar-refractivity contribution is -0.124. The third kappa shape index (κ3) is 3.57. The number of fused-ring (bicyclic) bond motifs is 1. The zero-order valence-corrected chi connectivity index (χ0v) is 12.5. The van der Waals surface area contributed by atoms with E-state index in [4.69, 9.17) is 9.15 Å². The highest BCUT2D eigenvalue weighted by Gasteiger charge is 2.15. The van der Waals surface area contributed by atoms with E-state index in [2.05, 4.69) is 10.3 Å². The monoisotopic (exact) mass is 328 g/mol. The summed E-state index contributed by atoms with van der Waals surface area (Å²) in [5.74, 6) is -1.47. The van der Waals surface area contributed by atoms with Gasteiger partial charge in [-0.1, -0.05) is 18.2 Å². The lowest BCUT2D eigenvalue weighted by atomic mass is 10.2. The Bertz CT molecular complexity index is 874. The second-order valence-corrected chi connectivity index (χ2v) is 4.98. The van der Waals surface area contributed by atoms with Crippen molar-refractivity contribution in [1.82, 2.24) is 10.3 Å². The van der Waals surface area contributed by atoms with E-state index in [-0.39, 0.29) is 17.9 Å². The Balaban J connectivity index is 1.53. The van der Waals surface area contributed by atoms with Gasteiger partial charge in [0.05, 0.1) is 5.56 Å². The second kappa shape index (κ2) is 6.91. The summed E-state index contributed by atoms with van der Waals surface area (Å²) in [7, 11) is 0. The van der Waals surface area contributed by atoms with E-state index in [1.807, 2.05) is 0 Å². The molecule has 0 aliphatic carbocycles. The molecule has 0 unspecified atom stereocenters. The third-order valence-corrected chi connectivity index (χ3v) is 3.32. The van der Waals surface area contributed by atoms with Gasteiger partial charge in [-0.15, -0.1) is 0 Å². The Morgan fingerprint density at radius 3 is 2.75 bits per heavy atom. The predicted octanol–water partition coefficient (Wildman–Crippen LogP) is 2.44. The van der Waals surface area contributed by atoms with E-state index in [0.717, 1.165) is 5.56 Å². The van der Waals surface area contributed by atoms with Crippen LogP contribution in [0.3, 0.4) is 0 Å². The van der Waals surface area contributed by atoms with Crippen LogP contribution in [-0.2, 0) is 16.1 Å². The van der Waals surface area contributed by atoms with Gasteiger partial charge < -0.3 is 14.5 Å². The summed E-state index contributed by atoms with van der Waals surface area (Å²) < 4.78 is 22.9. The van der Waals surface area contributed by atoms with Gasteiger partial charge in [-0.3, -0.25) is 4.79 Å². The number of benzene rings is 2. The van der Waals surface area contributed by atoms with Crippen molar-refractivity contribution in [3.05, 3.63) is 65.8 Å². The molecule has 1 aromatic heterocycles. The summed E-state index contributed by atoms with van der Waals surface area (Å²) >= 11 is 0. The van der Waals surface area contributed by atoms with Crippen LogP contribution in [0, 0.1) is 5.82 Å². The van der Waals surface area contributed by atoms with Gasteiger partial charge >= 0.3 is 5.97 Å². The molecule has 0 atom stereocenters. The molecule has 3 aromatic rings. The topological polar surface area (TPSA) is 81.4 Å². The molecular formula is C17H13FN2O4. The zero-order valence-electron chi connectivity index (χ0n) is 12.5. The lowest BCUT2D eigenvalue weighted by Gasteiger charge is -2.07. The molecule has 1 N–H and O–H groups in total. The Labute approximate surface area is 136 Å². The number of hydrogen-bond donors (Lipinski definition) is 1. The Morgan fingerprint density at radius 1 is 1.17 bits per heavy atom. The molecule has 122 valence electrons. The molecule has 6 nitrogen and oxygen atoms in total. The van der Waals surface area contributed by atoms with Crippen LogP contribution in [0.4, 0.5) is 4.39 Å². The first-order chi connectivity index (χ1) is 11.6. The van der Waals surface area contributed by atoms with Gasteiger partial charge in [-0.25, -0.2) is 14.2 Å². The summed E-state index contributed by atoms with van der Waals surface area (Å²) in [6, 6.07) is 10.6. The van der Waals surface area contributed by atoms with Gasteiger partial charge in [-0.05, 0) is 29.8 Å². The molecule has 0 saturated carbocycles. The largest absolute Gasteiger partial charge is 0.452 e. The lowest BCUT2D eigenvalue weighted by Crippen LogP contribution is -2.28. The number of hydrogen-bond acceptors (Lipinski definition) is 5. The molecule has 7 heteroatoms. The maximum atomic E-state index is 12.8. The van der Waals surface area contributed by atoms with Crippen LogP contribution < -0.4 is 5.32 Å². The number of aromatic nitrogens is 1. The molecule has 0 bridgehead atoms.